The molecule has 2 aliphatic carbocycles. The predicted octanol–water partition coefficient (Wildman–Crippen LogP) is 4.64. The van der Waals surface area contributed by atoms with Gasteiger partial charge in [0.2, 0.25) is 0 Å². The summed E-state index contributed by atoms with van der Waals surface area (Å²) in [6.45, 7) is 1.96. The molecule has 2 aromatic carbocycles. The summed E-state index contributed by atoms with van der Waals surface area (Å²) >= 11 is 0.926. The standard InChI is InChI=1S/C27H17NO2Se2/c29-25-17-3-1-2-4-18(17)26(30)21(25)12-15-5-6-16(11-15)28-13-22-19-7-8-23-20(9-10-31-23)27(19)32-24(22)14-28/h1-10,12H,11,13-14H2. The van der Waals surface area contributed by atoms with Crippen LogP contribution in [-0.2, 0) is 13.1 Å². The van der Waals surface area contributed by atoms with Crippen molar-refractivity contribution in [3.05, 3.63) is 104 Å². The molecule has 4 aromatic rings. The molecule has 1 aliphatic heterocycles. The maximum atomic E-state index is 12.7. The van der Waals surface area contributed by atoms with Gasteiger partial charge in [-0.25, -0.2) is 0 Å². The van der Waals surface area contributed by atoms with Gasteiger partial charge in [-0.05, 0) is 0 Å². The molecule has 0 saturated carbocycles. The average Bonchev–Trinajstić information content (AvgIpc) is 3.60. The number of Topliss-reactive ketones (excluding diaryl/α,β-unsaturated/α-hetero) is 2. The van der Waals surface area contributed by atoms with Crippen LogP contribution < -0.4 is 0 Å². The number of ketones is 2. The molecule has 154 valence electrons. The molecule has 0 amide bonds. The van der Waals surface area contributed by atoms with Crippen molar-refractivity contribution in [1.29, 1.82) is 0 Å². The van der Waals surface area contributed by atoms with Gasteiger partial charge in [-0.1, -0.05) is 0 Å². The van der Waals surface area contributed by atoms with Crippen LogP contribution in [0.25, 0.3) is 19.3 Å². The second kappa shape index (κ2) is 6.91. The first-order valence-corrected chi connectivity index (χ1v) is 14.2. The van der Waals surface area contributed by atoms with Gasteiger partial charge in [-0.2, -0.15) is 0 Å². The van der Waals surface area contributed by atoms with Gasteiger partial charge in [0.05, 0.1) is 0 Å². The average molecular weight is 545 g/mol. The minimum absolute atomic E-state index is 0.149. The van der Waals surface area contributed by atoms with Crippen molar-refractivity contribution in [3.8, 4) is 0 Å². The molecule has 0 saturated heterocycles. The van der Waals surface area contributed by atoms with Gasteiger partial charge in [0.25, 0.3) is 0 Å². The van der Waals surface area contributed by atoms with Gasteiger partial charge in [-0.15, -0.1) is 0 Å². The van der Waals surface area contributed by atoms with Crippen molar-refractivity contribution in [2.45, 2.75) is 19.5 Å². The number of carbonyl (C=O) groups is 2. The monoisotopic (exact) mass is 547 g/mol. The van der Waals surface area contributed by atoms with Crippen LogP contribution in [0.5, 0.6) is 0 Å². The maximum absolute atomic E-state index is 12.7. The molecule has 3 nitrogen and oxygen atoms in total. The molecule has 0 fully saturated rings. The fourth-order valence-electron chi connectivity index (χ4n) is 5.06. The van der Waals surface area contributed by atoms with Gasteiger partial charge in [-0.3, -0.25) is 0 Å². The zero-order valence-corrected chi connectivity index (χ0v) is 20.5. The molecule has 7 rings (SSSR count). The summed E-state index contributed by atoms with van der Waals surface area (Å²) < 4.78 is 4.74. The third-order valence-corrected chi connectivity index (χ3v) is 11.2. The van der Waals surface area contributed by atoms with Gasteiger partial charge >= 0.3 is 197 Å². The molecule has 2 aromatic heterocycles. The van der Waals surface area contributed by atoms with Crippen LogP contribution in [0.1, 0.15) is 37.1 Å². The molecule has 3 aliphatic rings. The van der Waals surface area contributed by atoms with Crippen molar-refractivity contribution >= 4 is 59.9 Å². The summed E-state index contributed by atoms with van der Waals surface area (Å²) in [5, 5.41) is 2.98. The van der Waals surface area contributed by atoms with Crippen LogP contribution in [0.4, 0.5) is 0 Å². The zero-order valence-electron chi connectivity index (χ0n) is 17.1. The van der Waals surface area contributed by atoms with E-state index < -0.39 is 0 Å². The van der Waals surface area contributed by atoms with Crippen molar-refractivity contribution in [2.24, 2.45) is 0 Å². The molecule has 5 heteroatoms. The van der Waals surface area contributed by atoms with Gasteiger partial charge in [0.15, 0.2) is 0 Å². The second-order valence-electron chi connectivity index (χ2n) is 8.47. The van der Waals surface area contributed by atoms with Gasteiger partial charge in [0, 0.05) is 0 Å². The second-order valence-corrected chi connectivity index (χ2v) is 12.8. The Bertz CT molecular complexity index is 1560. The van der Waals surface area contributed by atoms with E-state index in [1.165, 1.54) is 26.3 Å². The number of carbonyl (C=O) groups excluding carboxylic acids is 2. The molecule has 0 bridgehead atoms. The van der Waals surface area contributed by atoms with E-state index >= 15 is 0 Å². The fraction of sp³-hybridized carbons (Fsp3) is 0.111. The summed E-state index contributed by atoms with van der Waals surface area (Å²) in [4.78, 5) is 30.2. The molecule has 0 unspecified atom stereocenters. The number of fused-ring (bicyclic) bond motifs is 6. The number of hydrogen-bond acceptors (Lipinski definition) is 3. The number of allylic oxidation sites excluding steroid dienone is 5. The van der Waals surface area contributed by atoms with E-state index in [1.54, 1.807) is 20.8 Å². The van der Waals surface area contributed by atoms with E-state index in [2.05, 4.69) is 40.2 Å². The molecule has 0 N–H and O–H groups in total. The van der Waals surface area contributed by atoms with E-state index in [0.29, 0.717) is 45.7 Å². The van der Waals surface area contributed by atoms with E-state index in [4.69, 9.17) is 0 Å². The summed E-state index contributed by atoms with van der Waals surface area (Å²) in [7, 11) is 0. The van der Waals surface area contributed by atoms with Crippen molar-refractivity contribution in [3.63, 3.8) is 0 Å². The number of rotatable bonds is 2. The normalized spacial score (nSPS) is 17.4. The zero-order chi connectivity index (χ0) is 21.4. The Balaban J connectivity index is 1.12. The van der Waals surface area contributed by atoms with Gasteiger partial charge < -0.3 is 0 Å². The summed E-state index contributed by atoms with van der Waals surface area (Å²) in [5.74, 6) is -0.298. The molecule has 3 heterocycles. The Morgan fingerprint density at radius 3 is 2.50 bits per heavy atom. The summed E-state index contributed by atoms with van der Waals surface area (Å²) in [6, 6.07) is 14.1. The van der Waals surface area contributed by atoms with E-state index in [9.17, 15) is 9.59 Å². The minimum atomic E-state index is -0.149. The number of hydrogen-bond donors (Lipinski definition) is 0. The van der Waals surface area contributed by atoms with E-state index in [0.717, 1.165) is 25.1 Å². The van der Waals surface area contributed by atoms with Crippen molar-refractivity contribution < 1.29 is 9.59 Å². The van der Waals surface area contributed by atoms with Crippen LogP contribution in [-0.4, -0.2) is 45.5 Å². The van der Waals surface area contributed by atoms with Gasteiger partial charge in [0.1, 0.15) is 0 Å². The van der Waals surface area contributed by atoms with Crippen LogP contribution in [0.15, 0.2) is 82.5 Å². The molecule has 32 heavy (non-hydrogen) atoms. The Morgan fingerprint density at radius 2 is 1.69 bits per heavy atom. The molecule has 0 spiro atoms. The Morgan fingerprint density at radius 1 is 0.875 bits per heavy atom. The van der Waals surface area contributed by atoms with E-state index in [1.807, 2.05) is 18.2 Å². The van der Waals surface area contributed by atoms with Crippen LogP contribution in [0.2, 0.25) is 0 Å². The number of nitrogens with zero attached hydrogens (tertiary/aromatic N) is 1. The SMILES string of the molecule is O=C1C(=CC2=CC=C(N3Cc4[se]c5c(ccc6[se]ccc65)c4C3)C2)C(=O)c2ccccc21. The third kappa shape index (κ3) is 2.66. The first-order valence-electron chi connectivity index (χ1n) is 10.6. The predicted molar refractivity (Wildman–Crippen MR) is 129 cm³/mol. The molecular formula is C27H17NO2Se2. The van der Waals surface area contributed by atoms with Crippen molar-refractivity contribution in [2.75, 3.05) is 0 Å². The first-order chi connectivity index (χ1) is 15.7. The third-order valence-electron chi connectivity index (χ3n) is 6.67. The summed E-state index contributed by atoms with van der Waals surface area (Å²) in [6.07, 6.45) is 6.81. The first kappa shape index (κ1) is 18.8. The fourth-order valence-corrected chi connectivity index (χ4v) is 9.89. The van der Waals surface area contributed by atoms with Crippen LogP contribution >= 0.6 is 0 Å². The topological polar surface area (TPSA) is 37.4 Å². The molecular weight excluding hydrogens is 528 g/mol. The Labute approximate surface area is 196 Å². The molecule has 0 radical (unpaired) electrons. The Kier molecular flexibility index (Phi) is 4.07. The van der Waals surface area contributed by atoms with E-state index in [-0.39, 0.29) is 11.6 Å². The quantitative estimate of drug-likeness (QED) is 0.209. The Hall–Kier alpha value is -2.68. The summed E-state index contributed by atoms with van der Waals surface area (Å²) in [5.41, 5.74) is 5.20. The molecule has 0 atom stereocenters. The van der Waals surface area contributed by atoms with Crippen LogP contribution in [0.3, 0.4) is 0 Å². The van der Waals surface area contributed by atoms with Crippen molar-refractivity contribution in [1.82, 2.24) is 4.90 Å². The van der Waals surface area contributed by atoms with Crippen LogP contribution in [0, 0.1) is 0 Å². The number of benzene rings is 2.